The summed E-state index contributed by atoms with van der Waals surface area (Å²) in [6.07, 6.45) is 0. The summed E-state index contributed by atoms with van der Waals surface area (Å²) in [5.41, 5.74) is 1.10. The van der Waals surface area contributed by atoms with E-state index in [4.69, 9.17) is 9.47 Å². The molecule has 1 amide bonds. The van der Waals surface area contributed by atoms with Crippen LogP contribution in [-0.2, 0) is 9.53 Å². The Labute approximate surface area is 145 Å². The zero-order chi connectivity index (χ0) is 17.1. The van der Waals surface area contributed by atoms with Crippen LogP contribution in [0.4, 0.5) is 5.69 Å². The first-order valence-corrected chi connectivity index (χ1v) is 7.85. The molecule has 1 N–H and O–H groups in total. The number of halogens is 1. The molecule has 0 radical (unpaired) electrons. The minimum absolute atomic E-state index is 0.0511. The van der Waals surface area contributed by atoms with Gasteiger partial charge in [0.2, 0.25) is 0 Å². The minimum atomic E-state index is -0.584. The van der Waals surface area contributed by atoms with Crippen molar-refractivity contribution in [2.45, 2.75) is 0 Å². The Morgan fingerprint density at radius 1 is 1.17 bits per heavy atom. The van der Waals surface area contributed by atoms with Gasteiger partial charge >= 0.3 is 5.97 Å². The van der Waals surface area contributed by atoms with Crippen molar-refractivity contribution in [3.8, 4) is 5.75 Å². The van der Waals surface area contributed by atoms with Gasteiger partial charge < -0.3 is 14.8 Å². The van der Waals surface area contributed by atoms with E-state index in [9.17, 15) is 14.4 Å². The van der Waals surface area contributed by atoms with Crippen LogP contribution in [0.25, 0.3) is 0 Å². The van der Waals surface area contributed by atoms with Gasteiger partial charge in [-0.05, 0) is 36.4 Å². The average Bonchev–Trinajstić information content (AvgIpc) is 2.58. The lowest BCUT2D eigenvalue weighted by Gasteiger charge is -2.18. The maximum Gasteiger partial charge on any atom is 0.338 e. The summed E-state index contributed by atoms with van der Waals surface area (Å²) in [5.74, 6) is -0.745. The number of ether oxygens (including phenoxy) is 2. The molecule has 6 nitrogen and oxygen atoms in total. The van der Waals surface area contributed by atoms with Crippen molar-refractivity contribution in [1.82, 2.24) is 0 Å². The maximum atomic E-state index is 12.2. The zero-order valence-electron chi connectivity index (χ0n) is 12.4. The molecule has 0 bridgehead atoms. The second-order valence-corrected chi connectivity index (χ2v) is 5.97. The van der Waals surface area contributed by atoms with E-state index in [1.165, 1.54) is 6.07 Å². The van der Waals surface area contributed by atoms with Crippen LogP contribution in [0.2, 0.25) is 0 Å². The quantitative estimate of drug-likeness (QED) is 0.642. The average molecular weight is 390 g/mol. The summed E-state index contributed by atoms with van der Waals surface area (Å²) in [4.78, 5) is 35.4. The molecule has 7 heteroatoms. The third kappa shape index (κ3) is 3.62. The fourth-order valence-electron chi connectivity index (χ4n) is 2.17. The summed E-state index contributed by atoms with van der Waals surface area (Å²) in [6.45, 7) is -0.441. The van der Waals surface area contributed by atoms with E-state index in [1.54, 1.807) is 36.4 Å². The summed E-state index contributed by atoms with van der Waals surface area (Å²) >= 11 is 3.27. The van der Waals surface area contributed by atoms with E-state index in [1.807, 2.05) is 0 Å². The van der Waals surface area contributed by atoms with Crippen LogP contribution in [0.1, 0.15) is 20.7 Å². The normalized spacial score (nSPS) is 12.6. The van der Waals surface area contributed by atoms with Crippen LogP contribution < -0.4 is 10.1 Å². The lowest BCUT2D eigenvalue weighted by atomic mass is 10.1. The molecule has 3 rings (SSSR count). The summed E-state index contributed by atoms with van der Waals surface area (Å²) in [7, 11) is 0. The molecule has 2 aromatic rings. The van der Waals surface area contributed by atoms with Gasteiger partial charge in [-0.2, -0.15) is 0 Å². The van der Waals surface area contributed by atoms with Crippen molar-refractivity contribution >= 4 is 39.3 Å². The molecule has 0 saturated carbocycles. The number of fused-ring (bicyclic) bond motifs is 1. The first kappa shape index (κ1) is 16.2. The van der Waals surface area contributed by atoms with Crippen LogP contribution in [0, 0.1) is 0 Å². The van der Waals surface area contributed by atoms with Crippen molar-refractivity contribution in [2.24, 2.45) is 0 Å². The number of nitrogens with one attached hydrogen (secondary N) is 1. The summed E-state index contributed by atoms with van der Waals surface area (Å²) < 4.78 is 11.0. The van der Waals surface area contributed by atoms with E-state index < -0.39 is 5.97 Å². The number of carbonyl (C=O) groups is 3. The van der Waals surface area contributed by atoms with Gasteiger partial charge in [0, 0.05) is 10.0 Å². The molecule has 24 heavy (non-hydrogen) atoms. The van der Waals surface area contributed by atoms with Crippen LogP contribution in [0.3, 0.4) is 0 Å². The van der Waals surface area contributed by atoms with Gasteiger partial charge in [-0.1, -0.05) is 22.0 Å². The van der Waals surface area contributed by atoms with E-state index in [0.29, 0.717) is 22.6 Å². The van der Waals surface area contributed by atoms with Crippen molar-refractivity contribution in [3.63, 3.8) is 0 Å². The number of hydrogen-bond acceptors (Lipinski definition) is 5. The largest absolute Gasteiger partial charge is 0.482 e. The number of ketones is 1. The van der Waals surface area contributed by atoms with Gasteiger partial charge in [-0.15, -0.1) is 0 Å². The van der Waals surface area contributed by atoms with E-state index in [0.717, 1.165) is 4.47 Å². The predicted octanol–water partition coefficient (Wildman–Crippen LogP) is 2.82. The molecule has 0 atom stereocenters. The van der Waals surface area contributed by atoms with Gasteiger partial charge in [-0.3, -0.25) is 9.59 Å². The predicted molar refractivity (Wildman–Crippen MR) is 89.3 cm³/mol. The number of Topliss-reactive ketones (excluding diaryl/α,β-unsaturated/α-hetero) is 1. The number of anilines is 1. The second kappa shape index (κ2) is 6.84. The topological polar surface area (TPSA) is 81.7 Å². The highest BCUT2D eigenvalue weighted by molar-refractivity contribution is 9.10. The molecule has 1 aliphatic heterocycles. The number of rotatable bonds is 4. The molecule has 0 saturated heterocycles. The van der Waals surface area contributed by atoms with Gasteiger partial charge in [-0.25, -0.2) is 4.79 Å². The van der Waals surface area contributed by atoms with E-state index in [-0.39, 0.29) is 24.9 Å². The summed E-state index contributed by atoms with van der Waals surface area (Å²) in [5, 5.41) is 2.62. The molecule has 0 aliphatic carbocycles. The number of carbonyl (C=O) groups excluding carboxylic acids is 3. The first-order chi connectivity index (χ1) is 11.5. The highest BCUT2D eigenvalue weighted by Crippen LogP contribution is 2.28. The number of esters is 1. The molecule has 122 valence electrons. The van der Waals surface area contributed by atoms with Gasteiger partial charge in [0.1, 0.15) is 5.75 Å². The van der Waals surface area contributed by atoms with Crippen LogP contribution in [0.5, 0.6) is 5.75 Å². The molecule has 0 spiro atoms. The van der Waals surface area contributed by atoms with Crippen molar-refractivity contribution in [2.75, 3.05) is 18.5 Å². The van der Waals surface area contributed by atoms with Crippen LogP contribution in [0.15, 0.2) is 46.9 Å². The smallest absolute Gasteiger partial charge is 0.338 e. The fraction of sp³-hybridized carbons (Fsp3) is 0.118. The lowest BCUT2D eigenvalue weighted by Crippen LogP contribution is -2.25. The monoisotopic (exact) mass is 389 g/mol. The highest BCUT2D eigenvalue weighted by Gasteiger charge is 2.18. The standard InChI is InChI=1S/C17H12BrNO5/c18-12-3-1-2-11(6-12)17(22)24-8-14(20)10-4-5-15-13(7-10)19-16(21)9-23-15/h1-7H,8-9H2,(H,19,21). The highest BCUT2D eigenvalue weighted by atomic mass is 79.9. The lowest BCUT2D eigenvalue weighted by molar-refractivity contribution is -0.118. The molecule has 0 fully saturated rings. The van der Waals surface area contributed by atoms with Crippen molar-refractivity contribution < 1.29 is 23.9 Å². The van der Waals surface area contributed by atoms with Gasteiger partial charge in [0.25, 0.3) is 5.91 Å². The van der Waals surface area contributed by atoms with Crippen molar-refractivity contribution in [3.05, 3.63) is 58.1 Å². The number of hydrogen-bond donors (Lipinski definition) is 1. The Balaban J connectivity index is 1.66. The Bertz CT molecular complexity index is 833. The maximum absolute atomic E-state index is 12.2. The Morgan fingerprint density at radius 2 is 2.00 bits per heavy atom. The minimum Gasteiger partial charge on any atom is -0.482 e. The molecule has 1 heterocycles. The Hall–Kier alpha value is -2.67. The Kier molecular flexibility index (Phi) is 4.61. The van der Waals surface area contributed by atoms with Crippen LogP contribution >= 0.6 is 15.9 Å². The van der Waals surface area contributed by atoms with Crippen LogP contribution in [-0.4, -0.2) is 30.9 Å². The SMILES string of the molecule is O=C1COc2ccc(C(=O)COC(=O)c3cccc(Br)c3)cc2N1. The van der Waals surface area contributed by atoms with E-state index in [2.05, 4.69) is 21.2 Å². The second-order valence-electron chi connectivity index (χ2n) is 5.06. The number of amides is 1. The number of benzene rings is 2. The Morgan fingerprint density at radius 3 is 2.79 bits per heavy atom. The first-order valence-electron chi connectivity index (χ1n) is 7.05. The molecular weight excluding hydrogens is 378 g/mol. The third-order valence-electron chi connectivity index (χ3n) is 3.33. The summed E-state index contributed by atoms with van der Waals surface area (Å²) in [6, 6.07) is 11.4. The molecule has 1 aliphatic rings. The zero-order valence-corrected chi connectivity index (χ0v) is 14.0. The molecular formula is C17H12BrNO5. The fourth-order valence-corrected chi connectivity index (χ4v) is 2.57. The molecule has 0 aromatic heterocycles. The van der Waals surface area contributed by atoms with E-state index >= 15 is 0 Å². The third-order valence-corrected chi connectivity index (χ3v) is 3.82. The molecule has 0 unspecified atom stereocenters. The van der Waals surface area contributed by atoms with Gasteiger partial charge in [0.15, 0.2) is 19.0 Å². The van der Waals surface area contributed by atoms with Crippen molar-refractivity contribution in [1.29, 1.82) is 0 Å². The van der Waals surface area contributed by atoms with Gasteiger partial charge in [0.05, 0.1) is 11.3 Å². The molecule has 2 aromatic carbocycles.